The molecule has 0 aliphatic carbocycles. The summed E-state index contributed by atoms with van der Waals surface area (Å²) in [4.78, 5) is 0. The number of hydrogen-bond acceptors (Lipinski definition) is 2. The van der Waals surface area contributed by atoms with Crippen molar-refractivity contribution in [3.05, 3.63) is 57.8 Å². The molecule has 0 amide bonds. The molecule has 0 saturated carbocycles. The SMILES string of the molecule is NC(Cc1ccsc1)c1cccc(C(F)(F)F)c1. The second kappa shape index (κ2) is 5.12. The molecular formula is C13H12F3NS. The fraction of sp³-hybridized carbons (Fsp3) is 0.231. The summed E-state index contributed by atoms with van der Waals surface area (Å²) in [6, 6.07) is 6.72. The molecule has 1 nitrogen and oxygen atoms in total. The van der Waals surface area contributed by atoms with Gasteiger partial charge in [0.05, 0.1) is 5.56 Å². The zero-order valence-corrected chi connectivity index (χ0v) is 10.3. The summed E-state index contributed by atoms with van der Waals surface area (Å²) in [5.41, 5.74) is 6.84. The largest absolute Gasteiger partial charge is 0.416 e. The molecule has 1 unspecified atom stereocenters. The van der Waals surface area contributed by atoms with Crippen LogP contribution in [-0.2, 0) is 12.6 Å². The third-order valence-corrected chi connectivity index (χ3v) is 3.41. The van der Waals surface area contributed by atoms with Crippen LogP contribution >= 0.6 is 11.3 Å². The van der Waals surface area contributed by atoms with Gasteiger partial charge >= 0.3 is 6.18 Å². The molecule has 0 aliphatic heterocycles. The Kier molecular flexibility index (Phi) is 3.73. The molecule has 5 heteroatoms. The number of halogens is 3. The predicted octanol–water partition coefficient (Wildman–Crippen LogP) is 4.01. The molecule has 1 heterocycles. The van der Waals surface area contributed by atoms with Gasteiger partial charge in [-0.1, -0.05) is 12.1 Å². The fourth-order valence-electron chi connectivity index (χ4n) is 1.73. The zero-order valence-electron chi connectivity index (χ0n) is 9.45. The maximum atomic E-state index is 12.6. The third kappa shape index (κ3) is 3.11. The number of nitrogens with two attached hydrogens (primary N) is 1. The Morgan fingerprint density at radius 1 is 1.22 bits per heavy atom. The summed E-state index contributed by atoms with van der Waals surface area (Å²) in [6.07, 6.45) is -3.77. The van der Waals surface area contributed by atoms with E-state index in [-0.39, 0.29) is 0 Å². The lowest BCUT2D eigenvalue weighted by Crippen LogP contribution is -2.14. The van der Waals surface area contributed by atoms with E-state index in [1.165, 1.54) is 6.07 Å². The maximum Gasteiger partial charge on any atom is 0.416 e. The van der Waals surface area contributed by atoms with Gasteiger partial charge in [0.25, 0.3) is 0 Å². The molecule has 0 spiro atoms. The van der Waals surface area contributed by atoms with Gasteiger partial charge in [-0.25, -0.2) is 0 Å². The Labute approximate surface area is 107 Å². The molecule has 1 atom stereocenters. The molecule has 2 aromatic rings. The molecule has 18 heavy (non-hydrogen) atoms. The highest BCUT2D eigenvalue weighted by molar-refractivity contribution is 7.07. The topological polar surface area (TPSA) is 26.0 Å². The van der Waals surface area contributed by atoms with Gasteiger partial charge < -0.3 is 5.73 Å². The van der Waals surface area contributed by atoms with Crippen molar-refractivity contribution in [3.8, 4) is 0 Å². The van der Waals surface area contributed by atoms with Crippen LogP contribution in [-0.4, -0.2) is 0 Å². The molecule has 0 saturated heterocycles. The van der Waals surface area contributed by atoms with E-state index in [1.807, 2.05) is 16.8 Å². The molecule has 1 aromatic carbocycles. The second-order valence-electron chi connectivity index (χ2n) is 4.07. The van der Waals surface area contributed by atoms with Crippen LogP contribution in [0, 0.1) is 0 Å². The second-order valence-corrected chi connectivity index (χ2v) is 4.85. The van der Waals surface area contributed by atoms with Crippen LogP contribution in [0.25, 0.3) is 0 Å². The monoisotopic (exact) mass is 271 g/mol. The van der Waals surface area contributed by atoms with Gasteiger partial charge in [-0.2, -0.15) is 24.5 Å². The number of benzene rings is 1. The number of rotatable bonds is 3. The van der Waals surface area contributed by atoms with Crippen LogP contribution in [0.3, 0.4) is 0 Å². The van der Waals surface area contributed by atoms with Gasteiger partial charge in [-0.15, -0.1) is 0 Å². The molecule has 1 aromatic heterocycles. The van der Waals surface area contributed by atoms with Gasteiger partial charge in [0.1, 0.15) is 0 Å². The Hall–Kier alpha value is -1.33. The van der Waals surface area contributed by atoms with Gasteiger partial charge in [0, 0.05) is 6.04 Å². The van der Waals surface area contributed by atoms with E-state index in [0.29, 0.717) is 12.0 Å². The lowest BCUT2D eigenvalue weighted by molar-refractivity contribution is -0.137. The average molecular weight is 271 g/mol. The first-order valence-corrected chi connectivity index (χ1v) is 6.35. The zero-order chi connectivity index (χ0) is 13.2. The highest BCUT2D eigenvalue weighted by Gasteiger charge is 2.30. The van der Waals surface area contributed by atoms with Crippen molar-refractivity contribution in [1.82, 2.24) is 0 Å². The van der Waals surface area contributed by atoms with Crippen molar-refractivity contribution in [2.45, 2.75) is 18.6 Å². The molecule has 2 N–H and O–H groups in total. The van der Waals surface area contributed by atoms with Crippen LogP contribution < -0.4 is 5.73 Å². The van der Waals surface area contributed by atoms with E-state index in [0.717, 1.165) is 17.7 Å². The molecule has 0 fully saturated rings. The van der Waals surface area contributed by atoms with Crippen LogP contribution in [0.15, 0.2) is 41.1 Å². The van der Waals surface area contributed by atoms with Crippen LogP contribution in [0.1, 0.15) is 22.7 Å². The average Bonchev–Trinajstić information content (AvgIpc) is 2.81. The Bertz CT molecular complexity index is 505. The first-order chi connectivity index (χ1) is 8.47. The van der Waals surface area contributed by atoms with E-state index in [2.05, 4.69) is 0 Å². The molecule has 0 aliphatic rings. The van der Waals surface area contributed by atoms with E-state index in [4.69, 9.17) is 5.73 Å². The molecule has 96 valence electrons. The van der Waals surface area contributed by atoms with Gasteiger partial charge in [0.2, 0.25) is 0 Å². The lowest BCUT2D eigenvalue weighted by Gasteiger charge is -2.14. The van der Waals surface area contributed by atoms with Crippen molar-refractivity contribution in [1.29, 1.82) is 0 Å². The Balaban J connectivity index is 2.18. The number of alkyl halides is 3. The van der Waals surface area contributed by atoms with Crippen molar-refractivity contribution in [2.75, 3.05) is 0 Å². The van der Waals surface area contributed by atoms with E-state index >= 15 is 0 Å². The van der Waals surface area contributed by atoms with Crippen LogP contribution in [0.4, 0.5) is 13.2 Å². The Morgan fingerprint density at radius 2 is 2.00 bits per heavy atom. The van der Waals surface area contributed by atoms with Gasteiger partial charge in [-0.05, 0) is 46.5 Å². The van der Waals surface area contributed by atoms with Gasteiger partial charge in [0.15, 0.2) is 0 Å². The van der Waals surface area contributed by atoms with Crippen LogP contribution in [0.2, 0.25) is 0 Å². The van der Waals surface area contributed by atoms with Crippen molar-refractivity contribution >= 4 is 11.3 Å². The van der Waals surface area contributed by atoms with Gasteiger partial charge in [-0.3, -0.25) is 0 Å². The summed E-state index contributed by atoms with van der Waals surface area (Å²) < 4.78 is 37.7. The van der Waals surface area contributed by atoms with Crippen molar-refractivity contribution < 1.29 is 13.2 Å². The van der Waals surface area contributed by atoms with Crippen LogP contribution in [0.5, 0.6) is 0 Å². The lowest BCUT2D eigenvalue weighted by atomic mass is 9.99. The van der Waals surface area contributed by atoms with E-state index in [9.17, 15) is 13.2 Å². The van der Waals surface area contributed by atoms with Crippen molar-refractivity contribution in [3.63, 3.8) is 0 Å². The van der Waals surface area contributed by atoms with Crippen molar-refractivity contribution in [2.24, 2.45) is 5.73 Å². The first-order valence-electron chi connectivity index (χ1n) is 5.40. The number of thiophene rings is 1. The number of hydrogen-bond donors (Lipinski definition) is 1. The minimum atomic E-state index is -4.32. The smallest absolute Gasteiger partial charge is 0.324 e. The van der Waals surface area contributed by atoms with E-state index in [1.54, 1.807) is 17.4 Å². The van der Waals surface area contributed by atoms with E-state index < -0.39 is 17.8 Å². The standard InChI is InChI=1S/C13H12F3NS/c14-13(15,16)11-3-1-2-10(7-11)12(17)6-9-4-5-18-8-9/h1-5,7-8,12H,6,17H2. The summed E-state index contributed by atoms with van der Waals surface area (Å²) in [5, 5.41) is 3.88. The molecular weight excluding hydrogens is 259 g/mol. The predicted molar refractivity (Wildman–Crippen MR) is 66.4 cm³/mol. The minimum absolute atomic E-state index is 0.415. The third-order valence-electron chi connectivity index (χ3n) is 2.68. The normalized spacial score (nSPS) is 13.6. The maximum absolute atomic E-state index is 12.6. The Morgan fingerprint density at radius 3 is 2.61 bits per heavy atom. The minimum Gasteiger partial charge on any atom is -0.324 e. The first kappa shape index (κ1) is 13.1. The summed E-state index contributed by atoms with van der Waals surface area (Å²) >= 11 is 1.55. The molecule has 2 rings (SSSR count). The highest BCUT2D eigenvalue weighted by Crippen LogP contribution is 2.31. The summed E-state index contributed by atoms with van der Waals surface area (Å²) in [5.74, 6) is 0. The quantitative estimate of drug-likeness (QED) is 0.896. The highest BCUT2D eigenvalue weighted by atomic mass is 32.1. The summed E-state index contributed by atoms with van der Waals surface area (Å²) in [6.45, 7) is 0. The fourth-order valence-corrected chi connectivity index (χ4v) is 2.41. The molecule has 0 radical (unpaired) electrons. The molecule has 0 bridgehead atoms. The summed E-state index contributed by atoms with van der Waals surface area (Å²) in [7, 11) is 0.